The van der Waals surface area contributed by atoms with E-state index in [1.165, 1.54) is 25.4 Å². The number of rotatable bonds is 2. The average molecular weight is 307 g/mol. The monoisotopic (exact) mass is 307 g/mol. The molecular weight excluding hydrogens is 289 g/mol. The van der Waals surface area contributed by atoms with Crippen LogP contribution in [0, 0.1) is 5.82 Å². The molecule has 3 amide bonds. The van der Waals surface area contributed by atoms with Crippen LogP contribution in [-0.2, 0) is 4.74 Å². The van der Waals surface area contributed by atoms with Gasteiger partial charge in [0, 0.05) is 32.4 Å². The molecule has 7 heteroatoms. The van der Waals surface area contributed by atoms with Crippen LogP contribution in [0.15, 0.2) is 30.5 Å². The molecule has 22 heavy (non-hydrogen) atoms. The summed E-state index contributed by atoms with van der Waals surface area (Å²) in [4.78, 5) is 26.5. The summed E-state index contributed by atoms with van der Waals surface area (Å²) < 4.78 is 17.6. The molecule has 1 aromatic carbocycles. The van der Waals surface area contributed by atoms with Gasteiger partial charge in [0.15, 0.2) is 0 Å². The fraction of sp³-hybridized carbons (Fsp3) is 0.333. The highest BCUT2D eigenvalue weighted by molar-refractivity contribution is 5.76. The molecule has 1 saturated heterocycles. The SMILES string of the molecule is COC(=O)N1CCN(C(=O)N/C=C/c2cccc(F)c2)CC1. The number of piperazine rings is 1. The summed E-state index contributed by atoms with van der Waals surface area (Å²) in [5.41, 5.74) is 0.663. The molecule has 0 aromatic heterocycles. The van der Waals surface area contributed by atoms with E-state index in [9.17, 15) is 14.0 Å². The Bertz CT molecular complexity index is 569. The van der Waals surface area contributed by atoms with E-state index in [2.05, 4.69) is 10.1 Å². The Hall–Kier alpha value is -2.57. The number of hydrogen-bond donors (Lipinski definition) is 1. The van der Waals surface area contributed by atoms with E-state index in [0.29, 0.717) is 31.7 Å². The maximum atomic E-state index is 13.0. The van der Waals surface area contributed by atoms with E-state index in [1.807, 2.05) is 0 Å². The van der Waals surface area contributed by atoms with Gasteiger partial charge in [-0.05, 0) is 23.8 Å². The molecule has 1 aliphatic rings. The molecule has 2 rings (SSSR count). The third-order valence-electron chi connectivity index (χ3n) is 3.33. The maximum absolute atomic E-state index is 13.0. The van der Waals surface area contributed by atoms with Gasteiger partial charge in [-0.15, -0.1) is 0 Å². The van der Waals surface area contributed by atoms with Crippen LogP contribution in [0.5, 0.6) is 0 Å². The summed E-state index contributed by atoms with van der Waals surface area (Å²) in [5, 5.41) is 2.63. The minimum Gasteiger partial charge on any atom is -0.453 e. The largest absolute Gasteiger partial charge is 0.453 e. The van der Waals surface area contributed by atoms with Crippen LogP contribution in [0.1, 0.15) is 5.56 Å². The normalized spacial score (nSPS) is 15.0. The van der Waals surface area contributed by atoms with Gasteiger partial charge >= 0.3 is 12.1 Å². The van der Waals surface area contributed by atoms with Crippen molar-refractivity contribution >= 4 is 18.2 Å². The molecule has 0 bridgehead atoms. The van der Waals surface area contributed by atoms with Crippen molar-refractivity contribution in [3.8, 4) is 0 Å². The van der Waals surface area contributed by atoms with E-state index in [4.69, 9.17) is 0 Å². The van der Waals surface area contributed by atoms with E-state index >= 15 is 0 Å². The summed E-state index contributed by atoms with van der Waals surface area (Å²) in [6.45, 7) is 1.75. The molecule has 0 unspecified atom stereocenters. The number of ether oxygens (including phenoxy) is 1. The molecule has 0 atom stereocenters. The fourth-order valence-corrected chi connectivity index (χ4v) is 2.13. The molecule has 1 aliphatic heterocycles. The number of benzene rings is 1. The number of carbonyl (C=O) groups is 2. The molecule has 118 valence electrons. The van der Waals surface area contributed by atoms with E-state index in [1.54, 1.807) is 28.0 Å². The number of amides is 3. The zero-order valence-corrected chi connectivity index (χ0v) is 12.3. The van der Waals surface area contributed by atoms with Gasteiger partial charge in [0.05, 0.1) is 7.11 Å². The van der Waals surface area contributed by atoms with E-state index in [0.717, 1.165) is 0 Å². The van der Waals surface area contributed by atoms with Crippen LogP contribution in [-0.4, -0.2) is 55.2 Å². The van der Waals surface area contributed by atoms with Crippen molar-refractivity contribution in [1.82, 2.24) is 15.1 Å². The van der Waals surface area contributed by atoms with Gasteiger partial charge in [0.25, 0.3) is 0 Å². The third kappa shape index (κ3) is 4.21. The zero-order valence-electron chi connectivity index (χ0n) is 12.3. The van der Waals surface area contributed by atoms with E-state index < -0.39 is 0 Å². The van der Waals surface area contributed by atoms with Gasteiger partial charge in [-0.25, -0.2) is 14.0 Å². The second-order valence-electron chi connectivity index (χ2n) is 4.78. The number of hydrogen-bond acceptors (Lipinski definition) is 3. The summed E-state index contributed by atoms with van der Waals surface area (Å²) in [7, 11) is 1.33. The molecule has 1 heterocycles. The Balaban J connectivity index is 1.80. The molecule has 0 radical (unpaired) electrons. The minimum absolute atomic E-state index is 0.253. The zero-order chi connectivity index (χ0) is 15.9. The molecule has 6 nitrogen and oxygen atoms in total. The predicted octanol–water partition coefficient (Wildman–Crippen LogP) is 1.89. The van der Waals surface area contributed by atoms with E-state index in [-0.39, 0.29) is 17.9 Å². The first kappa shape index (κ1) is 15.8. The first-order valence-electron chi connectivity index (χ1n) is 6.90. The number of halogens is 1. The van der Waals surface area contributed by atoms with Gasteiger partial charge in [-0.2, -0.15) is 0 Å². The first-order chi connectivity index (χ1) is 10.6. The second-order valence-corrected chi connectivity index (χ2v) is 4.78. The number of urea groups is 1. The van der Waals surface area contributed by atoms with Crippen molar-refractivity contribution in [3.05, 3.63) is 41.8 Å². The molecular formula is C15H18FN3O3. The summed E-state index contributed by atoms with van der Waals surface area (Å²) >= 11 is 0. The van der Waals surface area contributed by atoms with Gasteiger partial charge in [-0.1, -0.05) is 12.1 Å². The van der Waals surface area contributed by atoms with Crippen LogP contribution in [0.2, 0.25) is 0 Å². The molecule has 0 aliphatic carbocycles. The van der Waals surface area contributed by atoms with Crippen LogP contribution < -0.4 is 5.32 Å². The maximum Gasteiger partial charge on any atom is 0.409 e. The standard InChI is InChI=1S/C15H18FN3O3/c1-22-15(21)19-9-7-18(8-10-19)14(20)17-6-5-12-3-2-4-13(16)11-12/h2-6,11H,7-10H2,1H3,(H,17,20)/b6-5+. The Morgan fingerprint density at radius 1 is 1.23 bits per heavy atom. The van der Waals surface area contributed by atoms with Crippen molar-refractivity contribution in [2.75, 3.05) is 33.3 Å². The Morgan fingerprint density at radius 2 is 1.91 bits per heavy atom. The Kier molecular flexibility index (Phi) is 5.35. The highest BCUT2D eigenvalue weighted by Gasteiger charge is 2.23. The second kappa shape index (κ2) is 7.44. The summed E-state index contributed by atoms with van der Waals surface area (Å²) in [5.74, 6) is -0.326. The van der Waals surface area contributed by atoms with Crippen molar-refractivity contribution < 1.29 is 18.7 Å². The first-order valence-corrected chi connectivity index (χ1v) is 6.90. The van der Waals surface area contributed by atoms with Crippen LogP contribution in [0.25, 0.3) is 6.08 Å². The molecule has 0 saturated carbocycles. The molecule has 0 spiro atoms. The number of nitrogens with one attached hydrogen (secondary N) is 1. The van der Waals surface area contributed by atoms with Crippen molar-refractivity contribution in [1.29, 1.82) is 0 Å². The van der Waals surface area contributed by atoms with Gasteiger partial charge < -0.3 is 19.9 Å². The van der Waals surface area contributed by atoms with Crippen LogP contribution in [0.4, 0.5) is 14.0 Å². The minimum atomic E-state index is -0.383. The lowest BCUT2D eigenvalue weighted by atomic mass is 10.2. The highest BCUT2D eigenvalue weighted by atomic mass is 19.1. The fourth-order valence-electron chi connectivity index (χ4n) is 2.13. The predicted molar refractivity (Wildman–Crippen MR) is 79.5 cm³/mol. The lowest BCUT2D eigenvalue weighted by molar-refractivity contribution is 0.0977. The average Bonchev–Trinajstić information content (AvgIpc) is 2.54. The number of methoxy groups -OCH3 is 1. The van der Waals surface area contributed by atoms with Crippen molar-refractivity contribution in [3.63, 3.8) is 0 Å². The highest BCUT2D eigenvalue weighted by Crippen LogP contribution is 2.06. The van der Waals surface area contributed by atoms with Gasteiger partial charge in [-0.3, -0.25) is 0 Å². The van der Waals surface area contributed by atoms with Crippen LogP contribution in [0.3, 0.4) is 0 Å². The van der Waals surface area contributed by atoms with Gasteiger partial charge in [0.2, 0.25) is 0 Å². The Labute approximate surface area is 128 Å². The molecule has 1 aromatic rings. The number of carbonyl (C=O) groups excluding carboxylic acids is 2. The van der Waals surface area contributed by atoms with Crippen molar-refractivity contribution in [2.24, 2.45) is 0 Å². The number of nitrogens with zero attached hydrogens (tertiary/aromatic N) is 2. The quantitative estimate of drug-likeness (QED) is 0.907. The smallest absolute Gasteiger partial charge is 0.409 e. The van der Waals surface area contributed by atoms with Crippen LogP contribution >= 0.6 is 0 Å². The Morgan fingerprint density at radius 3 is 2.55 bits per heavy atom. The molecule has 1 fully saturated rings. The van der Waals surface area contributed by atoms with Crippen molar-refractivity contribution in [2.45, 2.75) is 0 Å². The lowest BCUT2D eigenvalue weighted by Gasteiger charge is -2.33. The molecule has 1 N–H and O–H groups in total. The third-order valence-corrected chi connectivity index (χ3v) is 3.33. The van der Waals surface area contributed by atoms with Gasteiger partial charge in [0.1, 0.15) is 5.82 Å². The summed E-state index contributed by atoms with van der Waals surface area (Å²) in [6.07, 6.45) is 2.71. The summed E-state index contributed by atoms with van der Waals surface area (Å²) in [6, 6.07) is 5.82. The lowest BCUT2D eigenvalue weighted by Crippen LogP contribution is -2.52. The topological polar surface area (TPSA) is 61.9 Å².